The van der Waals surface area contributed by atoms with Crippen LogP contribution >= 0.6 is 0 Å². The van der Waals surface area contributed by atoms with Crippen molar-refractivity contribution in [3.63, 3.8) is 0 Å². The van der Waals surface area contributed by atoms with E-state index in [2.05, 4.69) is 41.5 Å². The molecule has 2 aliphatic rings. The summed E-state index contributed by atoms with van der Waals surface area (Å²) in [6.45, 7) is 7.63. The molecule has 2 N–H and O–H groups in total. The largest absolute Gasteiger partial charge is 0.338 e. The summed E-state index contributed by atoms with van der Waals surface area (Å²) in [5, 5.41) is 10.2. The Morgan fingerprint density at radius 2 is 2.23 bits per heavy atom. The second kappa shape index (κ2) is 5.25. The normalized spacial score (nSPS) is 32.2. The van der Waals surface area contributed by atoms with Crippen LogP contribution in [0.15, 0.2) is 6.33 Å². The molecule has 0 aliphatic heterocycles. The molecule has 0 spiro atoms. The summed E-state index contributed by atoms with van der Waals surface area (Å²) in [7, 11) is 1.86. The van der Waals surface area contributed by atoms with E-state index in [1.165, 1.54) is 19.2 Å². The Morgan fingerprint density at radius 3 is 2.77 bits per heavy atom. The zero-order valence-electron chi connectivity index (χ0n) is 14.0. The standard InChI is InChI=1S/C16H27N5O/c1-15(2)11-5-7-16(15,3)12(9-11)20-14(22)17-8-6-13-18-10-19-21(13)4/h10-12H,5-9H2,1-4H3,(H2,17,20,22)/t11-,12-,16-/m1/s1. The summed E-state index contributed by atoms with van der Waals surface area (Å²) in [5.74, 6) is 1.62. The zero-order valence-corrected chi connectivity index (χ0v) is 14.0. The third-order valence-corrected chi connectivity index (χ3v) is 6.54. The molecule has 2 fully saturated rings. The first-order chi connectivity index (χ1) is 10.3. The molecule has 0 radical (unpaired) electrons. The first kappa shape index (κ1) is 15.3. The van der Waals surface area contributed by atoms with Gasteiger partial charge in [0.1, 0.15) is 12.2 Å². The van der Waals surface area contributed by atoms with E-state index in [9.17, 15) is 4.79 Å². The Kier molecular flexibility index (Phi) is 3.65. The first-order valence-electron chi connectivity index (χ1n) is 8.22. The molecule has 3 rings (SSSR count). The molecule has 2 amide bonds. The highest BCUT2D eigenvalue weighted by Crippen LogP contribution is 2.65. The van der Waals surface area contributed by atoms with Gasteiger partial charge in [0.05, 0.1) is 0 Å². The molecule has 1 aromatic heterocycles. The average Bonchev–Trinajstić information content (AvgIpc) is 3.00. The van der Waals surface area contributed by atoms with E-state index in [-0.39, 0.29) is 17.5 Å². The maximum Gasteiger partial charge on any atom is 0.315 e. The lowest BCUT2D eigenvalue weighted by molar-refractivity contribution is 0.123. The molecule has 2 bridgehead atoms. The van der Waals surface area contributed by atoms with Crippen molar-refractivity contribution in [3.05, 3.63) is 12.2 Å². The van der Waals surface area contributed by atoms with E-state index in [4.69, 9.17) is 0 Å². The maximum atomic E-state index is 12.2. The number of urea groups is 1. The number of fused-ring (bicyclic) bond motifs is 2. The Balaban J connectivity index is 1.50. The van der Waals surface area contributed by atoms with Gasteiger partial charge in [-0.05, 0) is 36.0 Å². The zero-order chi connectivity index (χ0) is 16.0. The molecule has 0 aromatic carbocycles. The van der Waals surface area contributed by atoms with E-state index >= 15 is 0 Å². The van der Waals surface area contributed by atoms with Crippen LogP contribution in [0.3, 0.4) is 0 Å². The van der Waals surface area contributed by atoms with Gasteiger partial charge >= 0.3 is 6.03 Å². The van der Waals surface area contributed by atoms with Crippen LogP contribution in [0.4, 0.5) is 4.79 Å². The Labute approximate surface area is 132 Å². The fraction of sp³-hybridized carbons (Fsp3) is 0.812. The number of amides is 2. The Morgan fingerprint density at radius 1 is 1.45 bits per heavy atom. The number of nitrogens with one attached hydrogen (secondary N) is 2. The fourth-order valence-electron chi connectivity index (χ4n) is 4.47. The van der Waals surface area contributed by atoms with Gasteiger partial charge in [0, 0.05) is 26.1 Å². The topological polar surface area (TPSA) is 71.8 Å². The molecule has 1 aromatic rings. The number of aryl methyl sites for hydroxylation is 1. The minimum atomic E-state index is -0.0586. The summed E-state index contributed by atoms with van der Waals surface area (Å²) in [6.07, 6.45) is 5.86. The van der Waals surface area contributed by atoms with Gasteiger partial charge in [-0.25, -0.2) is 9.78 Å². The smallest absolute Gasteiger partial charge is 0.315 e. The van der Waals surface area contributed by atoms with E-state index in [0.29, 0.717) is 18.4 Å². The predicted molar refractivity (Wildman–Crippen MR) is 84.3 cm³/mol. The minimum Gasteiger partial charge on any atom is -0.338 e. The van der Waals surface area contributed by atoms with Crippen molar-refractivity contribution >= 4 is 6.03 Å². The van der Waals surface area contributed by atoms with Crippen molar-refractivity contribution in [2.75, 3.05) is 6.54 Å². The van der Waals surface area contributed by atoms with E-state index in [1.54, 1.807) is 4.68 Å². The van der Waals surface area contributed by atoms with E-state index in [0.717, 1.165) is 18.2 Å². The number of rotatable bonds is 4. The van der Waals surface area contributed by atoms with Crippen molar-refractivity contribution in [1.82, 2.24) is 25.4 Å². The fourth-order valence-corrected chi connectivity index (χ4v) is 4.47. The molecular weight excluding hydrogens is 278 g/mol. The summed E-state index contributed by atoms with van der Waals surface area (Å²) >= 11 is 0. The number of aromatic nitrogens is 3. The molecular formula is C16H27N5O. The summed E-state index contributed by atoms with van der Waals surface area (Å²) < 4.78 is 1.74. The summed E-state index contributed by atoms with van der Waals surface area (Å²) in [6, 6.07) is 0.229. The highest BCUT2D eigenvalue weighted by molar-refractivity contribution is 5.74. The van der Waals surface area contributed by atoms with Gasteiger partial charge in [-0.3, -0.25) is 4.68 Å². The predicted octanol–water partition coefficient (Wildman–Crippen LogP) is 1.87. The van der Waals surface area contributed by atoms with Crippen LogP contribution in [0.2, 0.25) is 0 Å². The molecule has 6 nitrogen and oxygen atoms in total. The van der Waals surface area contributed by atoms with Crippen molar-refractivity contribution in [1.29, 1.82) is 0 Å². The van der Waals surface area contributed by atoms with E-state index in [1.807, 2.05) is 7.05 Å². The van der Waals surface area contributed by atoms with E-state index < -0.39 is 0 Å². The molecule has 2 aliphatic carbocycles. The van der Waals surface area contributed by atoms with Crippen LogP contribution in [0.1, 0.15) is 45.9 Å². The number of hydrogen-bond donors (Lipinski definition) is 2. The van der Waals surface area contributed by atoms with Gasteiger partial charge < -0.3 is 10.6 Å². The molecule has 22 heavy (non-hydrogen) atoms. The number of carbonyl (C=O) groups excluding carboxylic acids is 1. The van der Waals surface area contributed by atoms with Crippen LogP contribution in [-0.2, 0) is 13.5 Å². The van der Waals surface area contributed by atoms with Crippen LogP contribution in [0, 0.1) is 16.7 Å². The molecule has 0 unspecified atom stereocenters. The minimum absolute atomic E-state index is 0.0586. The highest BCUT2D eigenvalue weighted by Gasteiger charge is 2.61. The van der Waals surface area contributed by atoms with Gasteiger partial charge in [0.15, 0.2) is 0 Å². The quantitative estimate of drug-likeness (QED) is 0.892. The van der Waals surface area contributed by atoms with Crippen LogP contribution in [0.25, 0.3) is 0 Å². The Bertz CT molecular complexity index is 567. The molecule has 122 valence electrons. The van der Waals surface area contributed by atoms with Crippen LogP contribution < -0.4 is 10.6 Å². The molecule has 3 atom stereocenters. The van der Waals surface area contributed by atoms with Gasteiger partial charge in [-0.15, -0.1) is 0 Å². The molecule has 2 saturated carbocycles. The second-order valence-electron chi connectivity index (χ2n) is 7.61. The number of nitrogens with zero attached hydrogens (tertiary/aromatic N) is 3. The van der Waals surface area contributed by atoms with Gasteiger partial charge in [-0.1, -0.05) is 20.8 Å². The van der Waals surface area contributed by atoms with Gasteiger partial charge in [0.25, 0.3) is 0 Å². The molecule has 6 heteroatoms. The first-order valence-corrected chi connectivity index (χ1v) is 8.22. The van der Waals surface area contributed by atoms with Crippen molar-refractivity contribution in [2.45, 2.75) is 52.5 Å². The maximum absolute atomic E-state index is 12.2. The monoisotopic (exact) mass is 305 g/mol. The third kappa shape index (κ3) is 2.29. The lowest BCUT2D eigenvalue weighted by Gasteiger charge is -2.39. The lowest BCUT2D eigenvalue weighted by Crippen LogP contribution is -2.50. The highest BCUT2D eigenvalue weighted by atomic mass is 16.2. The number of hydrogen-bond acceptors (Lipinski definition) is 3. The Hall–Kier alpha value is -1.59. The summed E-state index contributed by atoms with van der Waals surface area (Å²) in [4.78, 5) is 16.3. The molecule has 1 heterocycles. The SMILES string of the molecule is Cn1ncnc1CCNC(=O)N[C@@H]1C[C@H]2CC[C@@]1(C)C2(C)C. The lowest BCUT2D eigenvalue weighted by atomic mass is 9.69. The summed E-state index contributed by atoms with van der Waals surface area (Å²) in [5.41, 5.74) is 0.544. The van der Waals surface area contributed by atoms with Crippen LogP contribution in [0.5, 0.6) is 0 Å². The van der Waals surface area contributed by atoms with Gasteiger partial charge in [-0.2, -0.15) is 5.10 Å². The second-order valence-corrected chi connectivity index (χ2v) is 7.61. The van der Waals surface area contributed by atoms with Crippen molar-refractivity contribution in [2.24, 2.45) is 23.8 Å². The third-order valence-electron chi connectivity index (χ3n) is 6.54. The van der Waals surface area contributed by atoms with Crippen LogP contribution in [-0.4, -0.2) is 33.4 Å². The van der Waals surface area contributed by atoms with Gasteiger partial charge in [0.2, 0.25) is 0 Å². The molecule has 0 saturated heterocycles. The van der Waals surface area contributed by atoms with Crippen molar-refractivity contribution in [3.8, 4) is 0 Å². The number of carbonyl (C=O) groups is 1. The van der Waals surface area contributed by atoms with Crippen molar-refractivity contribution < 1.29 is 4.79 Å². The average molecular weight is 305 g/mol.